The number of Topliss-reactive ketones (excluding diaryl/α,β-unsaturated/α-hetero) is 1. The normalized spacial score (nSPS) is 10.1. The Hall–Kier alpha value is -2.11. The summed E-state index contributed by atoms with van der Waals surface area (Å²) in [6.45, 7) is 2.84. The number of aryl methyl sites for hydroxylation is 1. The van der Waals surface area contributed by atoms with Crippen molar-refractivity contribution in [2.45, 2.75) is 13.8 Å². The average molecular weight is 242 g/mol. The molecule has 0 spiro atoms. The van der Waals surface area contributed by atoms with Gasteiger partial charge in [-0.3, -0.25) is 4.79 Å². The Morgan fingerprint density at radius 2 is 1.94 bits per heavy atom. The smallest absolute Gasteiger partial charge is 0.379 e. The molecule has 0 aromatic heterocycles. The molecule has 1 aromatic carbocycles. The summed E-state index contributed by atoms with van der Waals surface area (Å²) < 4.78 is 17.9. The van der Waals surface area contributed by atoms with E-state index in [1.807, 2.05) is 0 Å². The van der Waals surface area contributed by atoms with Gasteiger partial charge in [0.05, 0.1) is 12.2 Å². The Labute approximate surface area is 96.4 Å². The highest BCUT2D eigenvalue weighted by Crippen LogP contribution is 2.33. The highest BCUT2D eigenvalue weighted by atomic mass is 19.1. The first kappa shape index (κ1) is 13.0. The standard InChI is InChI=1S/C11H11FO5/c1-3-17-11(16)9(14)6-4-5(2)8(13)10(15)7(6)12/h4,13,15H,3H2,1-2H3. The van der Waals surface area contributed by atoms with Crippen LogP contribution in [-0.2, 0) is 9.53 Å². The fourth-order valence-corrected chi connectivity index (χ4v) is 1.24. The number of carbonyl (C=O) groups is 2. The van der Waals surface area contributed by atoms with Gasteiger partial charge in [-0.25, -0.2) is 9.18 Å². The van der Waals surface area contributed by atoms with E-state index in [9.17, 15) is 24.2 Å². The molecular weight excluding hydrogens is 231 g/mol. The van der Waals surface area contributed by atoms with Crippen LogP contribution in [0, 0.1) is 12.7 Å². The number of phenols is 2. The topological polar surface area (TPSA) is 83.8 Å². The average Bonchev–Trinajstić information content (AvgIpc) is 2.30. The molecule has 0 unspecified atom stereocenters. The predicted octanol–water partition coefficient (Wildman–Crippen LogP) is 1.29. The number of phenolic OH excluding ortho intramolecular Hbond substituents is 2. The van der Waals surface area contributed by atoms with E-state index >= 15 is 0 Å². The molecule has 0 aliphatic carbocycles. The third-order valence-electron chi connectivity index (χ3n) is 2.11. The molecule has 0 atom stereocenters. The molecule has 2 N–H and O–H groups in total. The third kappa shape index (κ3) is 2.35. The molecule has 0 amide bonds. The van der Waals surface area contributed by atoms with Gasteiger partial charge in [0.2, 0.25) is 0 Å². The molecule has 0 saturated heterocycles. The van der Waals surface area contributed by atoms with Gasteiger partial charge in [0.1, 0.15) is 0 Å². The highest BCUT2D eigenvalue weighted by molar-refractivity contribution is 6.40. The first-order valence-corrected chi connectivity index (χ1v) is 4.82. The second-order valence-electron chi connectivity index (χ2n) is 3.30. The minimum atomic E-state index is -1.34. The summed E-state index contributed by atoms with van der Waals surface area (Å²) in [7, 11) is 0. The molecule has 92 valence electrons. The Bertz CT molecular complexity index is 481. The molecule has 17 heavy (non-hydrogen) atoms. The number of benzene rings is 1. The van der Waals surface area contributed by atoms with E-state index in [0.717, 1.165) is 6.07 Å². The number of esters is 1. The molecule has 0 aliphatic heterocycles. The van der Waals surface area contributed by atoms with Crippen molar-refractivity contribution < 1.29 is 28.9 Å². The van der Waals surface area contributed by atoms with E-state index in [4.69, 9.17) is 0 Å². The number of hydrogen-bond donors (Lipinski definition) is 2. The molecule has 0 fully saturated rings. The van der Waals surface area contributed by atoms with Gasteiger partial charge >= 0.3 is 5.97 Å². The zero-order valence-corrected chi connectivity index (χ0v) is 9.28. The minimum Gasteiger partial charge on any atom is -0.504 e. The molecule has 0 saturated carbocycles. The largest absolute Gasteiger partial charge is 0.504 e. The SMILES string of the molecule is CCOC(=O)C(=O)c1cc(C)c(O)c(O)c1F. The van der Waals surface area contributed by atoms with Crippen LogP contribution >= 0.6 is 0 Å². The summed E-state index contributed by atoms with van der Waals surface area (Å²) in [4.78, 5) is 22.6. The van der Waals surface area contributed by atoms with E-state index < -0.39 is 34.6 Å². The van der Waals surface area contributed by atoms with Crippen molar-refractivity contribution in [1.29, 1.82) is 0 Å². The second kappa shape index (κ2) is 4.82. The van der Waals surface area contributed by atoms with Crippen LogP contribution in [0.25, 0.3) is 0 Å². The molecule has 1 aromatic rings. The molecule has 0 heterocycles. The lowest BCUT2D eigenvalue weighted by atomic mass is 10.1. The molecule has 0 bridgehead atoms. The van der Waals surface area contributed by atoms with Crippen LogP contribution in [-0.4, -0.2) is 28.6 Å². The fraction of sp³-hybridized carbons (Fsp3) is 0.273. The number of carbonyl (C=O) groups excluding carboxylic acids is 2. The first-order valence-electron chi connectivity index (χ1n) is 4.82. The maximum Gasteiger partial charge on any atom is 0.379 e. The Balaban J connectivity index is 3.24. The van der Waals surface area contributed by atoms with E-state index in [1.165, 1.54) is 13.8 Å². The first-order chi connectivity index (χ1) is 7.90. The van der Waals surface area contributed by atoms with Gasteiger partial charge in [-0.15, -0.1) is 0 Å². The van der Waals surface area contributed by atoms with Gasteiger partial charge in [0, 0.05) is 0 Å². The Kier molecular flexibility index (Phi) is 3.67. The van der Waals surface area contributed by atoms with Crippen molar-refractivity contribution in [2.24, 2.45) is 0 Å². The zero-order valence-electron chi connectivity index (χ0n) is 9.28. The van der Waals surface area contributed by atoms with E-state index in [0.29, 0.717) is 0 Å². The molecular formula is C11H11FO5. The number of ketones is 1. The summed E-state index contributed by atoms with van der Waals surface area (Å²) in [5.41, 5.74) is -0.548. The monoisotopic (exact) mass is 242 g/mol. The van der Waals surface area contributed by atoms with Crippen LogP contribution in [0.2, 0.25) is 0 Å². The van der Waals surface area contributed by atoms with Gasteiger partial charge in [-0.2, -0.15) is 0 Å². The lowest BCUT2D eigenvalue weighted by Crippen LogP contribution is -2.19. The highest BCUT2D eigenvalue weighted by Gasteiger charge is 2.25. The summed E-state index contributed by atoms with van der Waals surface area (Å²) in [5.74, 6) is -5.48. The Morgan fingerprint density at radius 3 is 2.47 bits per heavy atom. The summed E-state index contributed by atoms with van der Waals surface area (Å²) >= 11 is 0. The van der Waals surface area contributed by atoms with Crippen LogP contribution in [0.3, 0.4) is 0 Å². The second-order valence-corrected chi connectivity index (χ2v) is 3.30. The quantitative estimate of drug-likeness (QED) is 0.361. The van der Waals surface area contributed by atoms with Crippen molar-refractivity contribution in [2.75, 3.05) is 6.61 Å². The van der Waals surface area contributed by atoms with Crippen LogP contribution in [0.15, 0.2) is 6.07 Å². The third-order valence-corrected chi connectivity index (χ3v) is 2.11. The van der Waals surface area contributed by atoms with Gasteiger partial charge < -0.3 is 14.9 Å². The van der Waals surface area contributed by atoms with Gasteiger partial charge in [0.25, 0.3) is 5.78 Å². The molecule has 0 aliphatic rings. The van der Waals surface area contributed by atoms with Crippen molar-refractivity contribution in [3.63, 3.8) is 0 Å². The van der Waals surface area contributed by atoms with Crippen molar-refractivity contribution in [3.05, 3.63) is 23.0 Å². The number of ether oxygens (including phenoxy) is 1. The van der Waals surface area contributed by atoms with Gasteiger partial charge in [0.15, 0.2) is 17.3 Å². The van der Waals surface area contributed by atoms with Crippen molar-refractivity contribution in [1.82, 2.24) is 0 Å². The van der Waals surface area contributed by atoms with Crippen molar-refractivity contribution >= 4 is 11.8 Å². The van der Waals surface area contributed by atoms with E-state index in [1.54, 1.807) is 0 Å². The summed E-state index contributed by atoms with van der Waals surface area (Å²) in [6.07, 6.45) is 0. The number of rotatable bonds is 3. The van der Waals surface area contributed by atoms with E-state index in [2.05, 4.69) is 4.74 Å². The summed E-state index contributed by atoms with van der Waals surface area (Å²) in [6, 6.07) is 0.976. The molecule has 0 radical (unpaired) electrons. The summed E-state index contributed by atoms with van der Waals surface area (Å²) in [5, 5.41) is 18.4. The minimum absolute atomic E-state index is 0.0186. The van der Waals surface area contributed by atoms with Crippen LogP contribution in [0.1, 0.15) is 22.8 Å². The lowest BCUT2D eigenvalue weighted by Gasteiger charge is -2.07. The van der Waals surface area contributed by atoms with E-state index in [-0.39, 0.29) is 12.2 Å². The Morgan fingerprint density at radius 1 is 1.35 bits per heavy atom. The fourth-order valence-electron chi connectivity index (χ4n) is 1.24. The number of hydrogen-bond acceptors (Lipinski definition) is 5. The van der Waals surface area contributed by atoms with Gasteiger partial charge in [-0.1, -0.05) is 0 Å². The number of halogens is 1. The lowest BCUT2D eigenvalue weighted by molar-refractivity contribution is -0.137. The molecule has 1 rings (SSSR count). The molecule has 5 nitrogen and oxygen atoms in total. The maximum absolute atomic E-state index is 13.5. The van der Waals surface area contributed by atoms with Crippen molar-refractivity contribution in [3.8, 4) is 11.5 Å². The van der Waals surface area contributed by atoms with Crippen LogP contribution in [0.5, 0.6) is 11.5 Å². The predicted molar refractivity (Wildman–Crippen MR) is 55.4 cm³/mol. The zero-order chi connectivity index (χ0) is 13.2. The maximum atomic E-state index is 13.5. The van der Waals surface area contributed by atoms with Crippen LogP contribution < -0.4 is 0 Å². The van der Waals surface area contributed by atoms with Crippen LogP contribution in [0.4, 0.5) is 4.39 Å². The number of aromatic hydroxyl groups is 2. The van der Waals surface area contributed by atoms with Gasteiger partial charge in [-0.05, 0) is 25.5 Å². The molecule has 6 heteroatoms.